The standard InChI is InChI=1S/C20H22N4O2/c1-13(21-2)19(25)23-18-20(26)24(3)16-12-8-7-11-15(16)17(22-18)14-9-5-4-6-10-14/h4-13,18,21H,1-3H3,(H,23,25)/t13-,18?/m0/s1. The number of carbonyl (C=O) groups is 2. The number of anilines is 1. The molecule has 3 rings (SSSR count). The zero-order chi connectivity index (χ0) is 18.7. The van der Waals surface area contributed by atoms with E-state index in [2.05, 4.69) is 15.6 Å². The Kier molecular flexibility index (Phi) is 5.14. The van der Waals surface area contributed by atoms with Crippen LogP contribution in [0.25, 0.3) is 0 Å². The minimum absolute atomic E-state index is 0.277. The van der Waals surface area contributed by atoms with Gasteiger partial charge in [0.05, 0.1) is 17.4 Å². The highest BCUT2D eigenvalue weighted by atomic mass is 16.2. The van der Waals surface area contributed by atoms with Gasteiger partial charge < -0.3 is 15.5 Å². The molecule has 1 unspecified atom stereocenters. The molecule has 2 atom stereocenters. The summed E-state index contributed by atoms with van der Waals surface area (Å²) in [6.45, 7) is 1.73. The van der Waals surface area contributed by atoms with E-state index in [0.717, 1.165) is 16.8 Å². The maximum atomic E-state index is 12.9. The Morgan fingerprint density at radius 2 is 1.77 bits per heavy atom. The van der Waals surface area contributed by atoms with Crippen molar-refractivity contribution in [3.8, 4) is 0 Å². The first-order chi connectivity index (χ1) is 12.5. The fraction of sp³-hybridized carbons (Fsp3) is 0.250. The second kappa shape index (κ2) is 7.49. The number of hydrogen-bond acceptors (Lipinski definition) is 4. The van der Waals surface area contributed by atoms with Crippen LogP contribution < -0.4 is 15.5 Å². The smallest absolute Gasteiger partial charge is 0.272 e. The third-order valence-electron chi connectivity index (χ3n) is 4.50. The molecule has 0 bridgehead atoms. The number of nitrogens with one attached hydrogen (secondary N) is 2. The minimum Gasteiger partial charge on any atom is -0.325 e. The van der Waals surface area contributed by atoms with Gasteiger partial charge in [0, 0.05) is 18.2 Å². The summed E-state index contributed by atoms with van der Waals surface area (Å²) in [5.74, 6) is -0.554. The zero-order valence-corrected chi connectivity index (χ0v) is 15.1. The molecule has 6 heteroatoms. The van der Waals surface area contributed by atoms with Gasteiger partial charge in [0.25, 0.3) is 5.91 Å². The minimum atomic E-state index is -0.981. The van der Waals surface area contributed by atoms with Crippen LogP contribution in [0.15, 0.2) is 59.6 Å². The highest BCUT2D eigenvalue weighted by Gasteiger charge is 2.31. The van der Waals surface area contributed by atoms with Crippen LogP contribution in [-0.4, -0.2) is 43.8 Å². The molecule has 0 fully saturated rings. The molecule has 0 spiro atoms. The number of nitrogens with zero attached hydrogens (tertiary/aromatic N) is 2. The van der Waals surface area contributed by atoms with Crippen molar-refractivity contribution in [1.82, 2.24) is 10.6 Å². The third kappa shape index (κ3) is 3.36. The number of amides is 2. The fourth-order valence-corrected chi connectivity index (χ4v) is 2.83. The summed E-state index contributed by atoms with van der Waals surface area (Å²) in [7, 11) is 3.39. The lowest BCUT2D eigenvalue weighted by molar-refractivity contribution is -0.128. The van der Waals surface area contributed by atoms with E-state index in [1.807, 2.05) is 54.6 Å². The number of carbonyl (C=O) groups excluding carboxylic acids is 2. The topological polar surface area (TPSA) is 73.8 Å². The molecule has 0 aliphatic carbocycles. The molecule has 2 amide bonds. The van der Waals surface area contributed by atoms with Gasteiger partial charge in [-0.3, -0.25) is 9.59 Å². The van der Waals surface area contributed by atoms with Crippen molar-refractivity contribution in [2.24, 2.45) is 4.99 Å². The number of likely N-dealkylation sites (N-methyl/N-ethyl adjacent to an activating group) is 2. The molecule has 2 aromatic carbocycles. The summed E-state index contributed by atoms with van der Waals surface area (Å²) in [5, 5.41) is 5.61. The number of benzodiazepines with no additional fused rings is 1. The number of hydrogen-bond donors (Lipinski definition) is 2. The molecule has 6 nitrogen and oxygen atoms in total. The molecule has 0 saturated heterocycles. The van der Waals surface area contributed by atoms with Gasteiger partial charge in [-0.05, 0) is 20.0 Å². The van der Waals surface area contributed by atoms with Crippen molar-refractivity contribution >= 4 is 23.2 Å². The summed E-state index contributed by atoms with van der Waals surface area (Å²) in [5.41, 5.74) is 3.19. The number of fused-ring (bicyclic) bond motifs is 1. The van der Waals surface area contributed by atoms with Crippen molar-refractivity contribution < 1.29 is 9.59 Å². The van der Waals surface area contributed by atoms with Crippen LogP contribution in [0.5, 0.6) is 0 Å². The van der Waals surface area contributed by atoms with Crippen molar-refractivity contribution in [2.75, 3.05) is 19.0 Å². The van der Waals surface area contributed by atoms with Crippen LogP contribution in [0.1, 0.15) is 18.1 Å². The molecule has 0 aromatic heterocycles. The molecule has 1 aliphatic heterocycles. The maximum Gasteiger partial charge on any atom is 0.272 e. The predicted octanol–water partition coefficient (Wildman–Crippen LogP) is 1.55. The van der Waals surface area contributed by atoms with E-state index in [0.29, 0.717) is 5.71 Å². The lowest BCUT2D eigenvalue weighted by Crippen LogP contribution is -2.50. The first kappa shape index (κ1) is 17.8. The predicted molar refractivity (Wildman–Crippen MR) is 102 cm³/mol. The van der Waals surface area contributed by atoms with E-state index in [4.69, 9.17) is 0 Å². The highest BCUT2D eigenvalue weighted by molar-refractivity contribution is 6.20. The van der Waals surface area contributed by atoms with Gasteiger partial charge in [0.1, 0.15) is 0 Å². The monoisotopic (exact) mass is 350 g/mol. The molecular formula is C20H22N4O2. The van der Waals surface area contributed by atoms with Crippen molar-refractivity contribution in [3.05, 3.63) is 65.7 Å². The van der Waals surface area contributed by atoms with E-state index < -0.39 is 12.2 Å². The van der Waals surface area contributed by atoms with Crippen molar-refractivity contribution in [3.63, 3.8) is 0 Å². The van der Waals surface area contributed by atoms with Crippen molar-refractivity contribution in [1.29, 1.82) is 0 Å². The van der Waals surface area contributed by atoms with E-state index in [1.54, 1.807) is 25.9 Å². The summed E-state index contributed by atoms with van der Waals surface area (Å²) < 4.78 is 0. The molecule has 134 valence electrons. The second-order valence-electron chi connectivity index (χ2n) is 6.18. The molecule has 26 heavy (non-hydrogen) atoms. The molecule has 1 aliphatic rings. The summed E-state index contributed by atoms with van der Waals surface area (Å²) >= 11 is 0. The molecular weight excluding hydrogens is 328 g/mol. The summed E-state index contributed by atoms with van der Waals surface area (Å²) in [6, 6.07) is 16.9. The van der Waals surface area contributed by atoms with Gasteiger partial charge in [-0.1, -0.05) is 48.5 Å². The highest BCUT2D eigenvalue weighted by Crippen LogP contribution is 2.27. The Bertz CT molecular complexity index is 848. The van der Waals surface area contributed by atoms with E-state index in [1.165, 1.54) is 0 Å². The van der Waals surface area contributed by atoms with Gasteiger partial charge in [-0.25, -0.2) is 4.99 Å². The Labute approximate surface area is 152 Å². The van der Waals surface area contributed by atoms with E-state index in [9.17, 15) is 9.59 Å². The first-order valence-corrected chi connectivity index (χ1v) is 8.50. The van der Waals surface area contributed by atoms with E-state index >= 15 is 0 Å². The molecule has 0 radical (unpaired) electrons. The average Bonchev–Trinajstić information content (AvgIpc) is 2.79. The lowest BCUT2D eigenvalue weighted by atomic mass is 10.0. The Balaban J connectivity index is 2.10. The number of rotatable bonds is 4. The first-order valence-electron chi connectivity index (χ1n) is 8.50. The molecule has 2 N–H and O–H groups in total. The number of benzene rings is 2. The molecule has 1 heterocycles. The van der Waals surface area contributed by atoms with Gasteiger partial charge in [-0.2, -0.15) is 0 Å². The normalized spacial score (nSPS) is 17.8. The van der Waals surface area contributed by atoms with Crippen LogP contribution >= 0.6 is 0 Å². The Morgan fingerprint density at radius 1 is 1.12 bits per heavy atom. The third-order valence-corrected chi connectivity index (χ3v) is 4.50. The van der Waals surface area contributed by atoms with Crippen LogP contribution in [0, 0.1) is 0 Å². The van der Waals surface area contributed by atoms with E-state index in [-0.39, 0.29) is 11.8 Å². The van der Waals surface area contributed by atoms with Crippen LogP contribution in [0.2, 0.25) is 0 Å². The zero-order valence-electron chi connectivity index (χ0n) is 15.1. The second-order valence-corrected chi connectivity index (χ2v) is 6.18. The Morgan fingerprint density at radius 3 is 2.46 bits per heavy atom. The quantitative estimate of drug-likeness (QED) is 0.879. The summed E-state index contributed by atoms with van der Waals surface area (Å²) in [4.78, 5) is 31.4. The largest absolute Gasteiger partial charge is 0.325 e. The van der Waals surface area contributed by atoms with Gasteiger partial charge in [-0.15, -0.1) is 0 Å². The van der Waals surface area contributed by atoms with Crippen LogP contribution in [0.4, 0.5) is 5.69 Å². The lowest BCUT2D eigenvalue weighted by Gasteiger charge is -2.21. The maximum absolute atomic E-state index is 12.9. The summed E-state index contributed by atoms with van der Waals surface area (Å²) in [6.07, 6.45) is -0.981. The number of para-hydroxylation sites is 1. The average molecular weight is 350 g/mol. The molecule has 2 aromatic rings. The fourth-order valence-electron chi connectivity index (χ4n) is 2.83. The van der Waals surface area contributed by atoms with Gasteiger partial charge in [0.2, 0.25) is 12.1 Å². The Hall–Kier alpha value is -2.99. The SMILES string of the molecule is CN[C@@H](C)C(=O)NC1N=C(c2ccccc2)c2ccccc2N(C)C1=O. The molecule has 0 saturated carbocycles. The van der Waals surface area contributed by atoms with Crippen LogP contribution in [-0.2, 0) is 9.59 Å². The van der Waals surface area contributed by atoms with Crippen molar-refractivity contribution in [2.45, 2.75) is 19.1 Å². The van der Waals surface area contributed by atoms with Gasteiger partial charge >= 0.3 is 0 Å². The van der Waals surface area contributed by atoms with Crippen LogP contribution in [0.3, 0.4) is 0 Å². The van der Waals surface area contributed by atoms with Gasteiger partial charge in [0.15, 0.2) is 0 Å². The number of aliphatic imine (C=N–C) groups is 1.